The van der Waals surface area contributed by atoms with Crippen LogP contribution in [0.15, 0.2) is 35.9 Å². The standard InChI is InChI=1S/C19H31ClN2/c1-2-3-8-17(20)9-7-16-22(18-10-4-5-11-18)19-12-6-14-21-15-13-19/h2-3,8-9,18-19,21H,1,4-7,10-16H2/b8-3-,17-9+. The summed E-state index contributed by atoms with van der Waals surface area (Å²) in [7, 11) is 0. The van der Waals surface area contributed by atoms with Crippen molar-refractivity contribution in [3.05, 3.63) is 35.9 Å². The maximum Gasteiger partial charge on any atom is 0.0366 e. The Kier molecular flexibility index (Phi) is 8.28. The molecule has 124 valence electrons. The van der Waals surface area contributed by atoms with Crippen LogP contribution >= 0.6 is 11.6 Å². The number of nitrogens with one attached hydrogen (secondary N) is 1. The SMILES string of the molecule is C=C/C=C\C(Cl)=C/CCN(C1CCCC1)C1CCCNCC1. The van der Waals surface area contributed by atoms with E-state index in [-0.39, 0.29) is 0 Å². The Morgan fingerprint density at radius 1 is 1.09 bits per heavy atom. The van der Waals surface area contributed by atoms with E-state index in [9.17, 15) is 0 Å². The Balaban J connectivity index is 1.92. The van der Waals surface area contributed by atoms with Gasteiger partial charge >= 0.3 is 0 Å². The van der Waals surface area contributed by atoms with Crippen molar-refractivity contribution in [1.29, 1.82) is 0 Å². The fraction of sp³-hybridized carbons (Fsp3) is 0.684. The summed E-state index contributed by atoms with van der Waals surface area (Å²) in [5.41, 5.74) is 0. The minimum Gasteiger partial charge on any atom is -0.317 e. The molecule has 22 heavy (non-hydrogen) atoms. The lowest BCUT2D eigenvalue weighted by Gasteiger charge is -2.36. The molecule has 0 aromatic carbocycles. The van der Waals surface area contributed by atoms with Crippen molar-refractivity contribution in [3.8, 4) is 0 Å². The van der Waals surface area contributed by atoms with E-state index in [1.165, 1.54) is 58.0 Å². The van der Waals surface area contributed by atoms with E-state index in [0.717, 1.165) is 30.1 Å². The maximum absolute atomic E-state index is 6.21. The molecule has 1 heterocycles. The zero-order valence-corrected chi connectivity index (χ0v) is 14.5. The molecule has 0 spiro atoms. The lowest BCUT2D eigenvalue weighted by Crippen LogP contribution is -2.43. The third-order valence-electron chi connectivity index (χ3n) is 4.93. The molecule has 0 bridgehead atoms. The molecule has 1 aliphatic carbocycles. The van der Waals surface area contributed by atoms with Crippen LogP contribution in [0.25, 0.3) is 0 Å². The van der Waals surface area contributed by atoms with Crippen LogP contribution in [-0.2, 0) is 0 Å². The molecule has 1 aliphatic heterocycles. The average Bonchev–Trinajstić information content (AvgIpc) is 2.92. The normalized spacial score (nSPS) is 25.0. The van der Waals surface area contributed by atoms with Gasteiger partial charge in [-0.2, -0.15) is 0 Å². The predicted octanol–water partition coefficient (Wildman–Crippen LogP) is 4.63. The van der Waals surface area contributed by atoms with Crippen molar-refractivity contribution >= 4 is 11.6 Å². The largest absolute Gasteiger partial charge is 0.317 e. The zero-order chi connectivity index (χ0) is 15.6. The molecule has 0 aromatic rings. The first-order valence-electron chi connectivity index (χ1n) is 8.92. The Morgan fingerprint density at radius 3 is 2.59 bits per heavy atom. The van der Waals surface area contributed by atoms with Gasteiger partial charge in [0.2, 0.25) is 0 Å². The highest BCUT2D eigenvalue weighted by Gasteiger charge is 2.28. The average molecular weight is 323 g/mol. The highest BCUT2D eigenvalue weighted by Crippen LogP contribution is 2.28. The van der Waals surface area contributed by atoms with Gasteiger partial charge in [0.05, 0.1) is 0 Å². The van der Waals surface area contributed by atoms with Crippen molar-refractivity contribution in [3.63, 3.8) is 0 Å². The van der Waals surface area contributed by atoms with Gasteiger partial charge in [0.15, 0.2) is 0 Å². The van der Waals surface area contributed by atoms with Crippen molar-refractivity contribution in [2.24, 2.45) is 0 Å². The first-order valence-corrected chi connectivity index (χ1v) is 9.30. The minimum absolute atomic E-state index is 0.758. The highest BCUT2D eigenvalue weighted by molar-refractivity contribution is 6.31. The molecule has 1 unspecified atom stereocenters. The monoisotopic (exact) mass is 322 g/mol. The van der Waals surface area contributed by atoms with Gasteiger partial charge in [0.25, 0.3) is 0 Å². The number of halogens is 1. The van der Waals surface area contributed by atoms with Crippen LogP contribution in [0.5, 0.6) is 0 Å². The van der Waals surface area contributed by atoms with Crippen molar-refractivity contribution in [2.75, 3.05) is 19.6 Å². The molecule has 1 atom stereocenters. The number of rotatable bonds is 7. The van der Waals surface area contributed by atoms with E-state index in [2.05, 4.69) is 22.9 Å². The second-order valence-electron chi connectivity index (χ2n) is 6.48. The second kappa shape index (κ2) is 10.3. The number of hydrogen-bond donors (Lipinski definition) is 1. The van der Waals surface area contributed by atoms with Crippen LogP contribution in [0.2, 0.25) is 0 Å². The van der Waals surface area contributed by atoms with Crippen LogP contribution < -0.4 is 5.32 Å². The first-order chi connectivity index (χ1) is 10.8. The van der Waals surface area contributed by atoms with Crippen LogP contribution in [0.3, 0.4) is 0 Å². The maximum atomic E-state index is 6.21. The molecule has 2 rings (SSSR count). The molecule has 2 nitrogen and oxygen atoms in total. The topological polar surface area (TPSA) is 15.3 Å². The Bertz CT molecular complexity index is 375. The summed E-state index contributed by atoms with van der Waals surface area (Å²) in [5.74, 6) is 0. The minimum atomic E-state index is 0.758. The number of hydrogen-bond acceptors (Lipinski definition) is 2. The fourth-order valence-corrected chi connectivity index (χ4v) is 3.99. The van der Waals surface area contributed by atoms with Gasteiger partial charge in [-0.05, 0) is 57.7 Å². The highest BCUT2D eigenvalue weighted by atomic mass is 35.5. The molecule has 0 radical (unpaired) electrons. The van der Waals surface area contributed by atoms with Gasteiger partial charge < -0.3 is 5.32 Å². The third-order valence-corrected chi connectivity index (χ3v) is 5.21. The summed E-state index contributed by atoms with van der Waals surface area (Å²) in [6.07, 6.45) is 18.3. The van der Waals surface area contributed by atoms with Crippen LogP contribution in [0.4, 0.5) is 0 Å². The van der Waals surface area contributed by atoms with Crippen LogP contribution in [0.1, 0.15) is 51.4 Å². The van der Waals surface area contributed by atoms with Crippen LogP contribution in [-0.4, -0.2) is 36.6 Å². The lowest BCUT2D eigenvalue weighted by molar-refractivity contribution is 0.127. The predicted molar refractivity (Wildman–Crippen MR) is 97.4 cm³/mol. The van der Waals surface area contributed by atoms with Crippen molar-refractivity contribution in [1.82, 2.24) is 10.2 Å². The van der Waals surface area contributed by atoms with Gasteiger partial charge in [-0.15, -0.1) is 0 Å². The van der Waals surface area contributed by atoms with E-state index in [1.807, 2.05) is 12.2 Å². The van der Waals surface area contributed by atoms with Gasteiger partial charge in [-0.25, -0.2) is 0 Å². The first kappa shape index (κ1) is 17.8. The summed E-state index contributed by atoms with van der Waals surface area (Å²) in [6.45, 7) is 7.18. The molecule has 1 saturated carbocycles. The summed E-state index contributed by atoms with van der Waals surface area (Å²) in [5, 5.41) is 4.37. The zero-order valence-electron chi connectivity index (χ0n) is 13.8. The molecular weight excluding hydrogens is 292 g/mol. The molecule has 3 heteroatoms. The van der Waals surface area contributed by atoms with Crippen LogP contribution in [0, 0.1) is 0 Å². The van der Waals surface area contributed by atoms with E-state index in [0.29, 0.717) is 0 Å². The van der Waals surface area contributed by atoms with Gasteiger partial charge in [-0.3, -0.25) is 4.90 Å². The van der Waals surface area contributed by atoms with Gasteiger partial charge in [0, 0.05) is 23.7 Å². The fourth-order valence-electron chi connectivity index (χ4n) is 3.81. The quantitative estimate of drug-likeness (QED) is 0.687. The van der Waals surface area contributed by atoms with Gasteiger partial charge in [-0.1, -0.05) is 49.2 Å². The lowest BCUT2D eigenvalue weighted by atomic mass is 10.0. The van der Waals surface area contributed by atoms with E-state index >= 15 is 0 Å². The summed E-state index contributed by atoms with van der Waals surface area (Å²) < 4.78 is 0. The second-order valence-corrected chi connectivity index (χ2v) is 6.92. The van der Waals surface area contributed by atoms with Gasteiger partial charge in [0.1, 0.15) is 0 Å². The summed E-state index contributed by atoms with van der Waals surface area (Å²) in [6, 6.07) is 1.56. The smallest absolute Gasteiger partial charge is 0.0366 e. The molecule has 2 aliphatic rings. The number of allylic oxidation sites excluding steroid dienone is 4. The number of nitrogens with zero attached hydrogens (tertiary/aromatic N) is 1. The third kappa shape index (κ3) is 5.91. The van der Waals surface area contributed by atoms with Crippen molar-refractivity contribution < 1.29 is 0 Å². The Morgan fingerprint density at radius 2 is 1.82 bits per heavy atom. The van der Waals surface area contributed by atoms with E-state index in [1.54, 1.807) is 6.08 Å². The Labute approximate surface area is 141 Å². The summed E-state index contributed by atoms with van der Waals surface area (Å²) >= 11 is 6.21. The van der Waals surface area contributed by atoms with E-state index in [4.69, 9.17) is 11.6 Å². The molecule has 1 N–H and O–H groups in total. The molecule has 1 saturated heterocycles. The molecular formula is C19H31ClN2. The summed E-state index contributed by atoms with van der Waals surface area (Å²) in [4.78, 5) is 2.80. The Hall–Kier alpha value is -0.570. The molecule has 2 fully saturated rings. The molecule has 0 aromatic heterocycles. The van der Waals surface area contributed by atoms with E-state index < -0.39 is 0 Å². The van der Waals surface area contributed by atoms with Crippen molar-refractivity contribution in [2.45, 2.75) is 63.5 Å². The molecule has 0 amide bonds.